The van der Waals surface area contributed by atoms with Crippen molar-refractivity contribution in [3.63, 3.8) is 0 Å². The van der Waals surface area contributed by atoms with Crippen molar-refractivity contribution < 1.29 is 13.9 Å². The van der Waals surface area contributed by atoms with Gasteiger partial charge in [0.05, 0.1) is 6.20 Å². The molecule has 1 aromatic carbocycles. The summed E-state index contributed by atoms with van der Waals surface area (Å²) >= 11 is 0. The zero-order valence-electron chi connectivity index (χ0n) is 13.8. The van der Waals surface area contributed by atoms with Gasteiger partial charge in [0.15, 0.2) is 17.3 Å². The van der Waals surface area contributed by atoms with E-state index in [-0.39, 0.29) is 17.3 Å². The topological polar surface area (TPSA) is 80.6 Å². The second-order valence-corrected chi connectivity index (χ2v) is 5.97. The molecule has 4 rings (SSSR count). The summed E-state index contributed by atoms with van der Waals surface area (Å²) in [6.45, 7) is 1.84. The maximum absolute atomic E-state index is 13.0. The van der Waals surface area contributed by atoms with Gasteiger partial charge >= 0.3 is 5.56 Å². The van der Waals surface area contributed by atoms with Gasteiger partial charge in [-0.05, 0) is 36.2 Å². The van der Waals surface area contributed by atoms with Gasteiger partial charge in [0.1, 0.15) is 11.5 Å². The van der Waals surface area contributed by atoms with Crippen LogP contribution in [0.3, 0.4) is 0 Å². The van der Waals surface area contributed by atoms with E-state index in [9.17, 15) is 14.3 Å². The van der Waals surface area contributed by atoms with Crippen LogP contribution in [-0.2, 0) is 6.42 Å². The van der Waals surface area contributed by atoms with Crippen LogP contribution in [0, 0.1) is 12.7 Å². The van der Waals surface area contributed by atoms with Crippen molar-refractivity contribution >= 4 is 5.65 Å². The lowest BCUT2D eigenvalue weighted by Crippen LogP contribution is -2.15. The number of fused-ring (bicyclic) bond motifs is 1. The molecule has 7 heteroatoms. The normalized spacial score (nSPS) is 11.2. The lowest BCUT2D eigenvalue weighted by molar-refractivity contribution is 0.458. The Kier molecular flexibility index (Phi) is 3.76. The highest BCUT2D eigenvalue weighted by Gasteiger charge is 2.17. The van der Waals surface area contributed by atoms with Crippen molar-refractivity contribution in [1.82, 2.24) is 14.4 Å². The zero-order chi connectivity index (χ0) is 18.3. The van der Waals surface area contributed by atoms with Gasteiger partial charge in [0.2, 0.25) is 5.75 Å². The molecule has 0 spiro atoms. The highest BCUT2D eigenvalue weighted by atomic mass is 19.1. The van der Waals surface area contributed by atoms with E-state index in [1.54, 1.807) is 24.4 Å². The average Bonchev–Trinajstić information content (AvgIpc) is 3.09. The van der Waals surface area contributed by atoms with Gasteiger partial charge in [0.25, 0.3) is 0 Å². The Hall–Kier alpha value is -3.48. The Morgan fingerprint density at radius 2 is 1.96 bits per heavy atom. The molecule has 0 saturated carbocycles. The first-order chi connectivity index (χ1) is 12.5. The zero-order valence-corrected chi connectivity index (χ0v) is 13.8. The smallest absolute Gasteiger partial charge is 0.300 e. The predicted octanol–water partition coefficient (Wildman–Crippen LogP) is 3.09. The van der Waals surface area contributed by atoms with Gasteiger partial charge in [-0.3, -0.25) is 9.20 Å². The third-order valence-electron chi connectivity index (χ3n) is 4.00. The number of hydrogen-bond donors (Lipinski definition) is 1. The van der Waals surface area contributed by atoms with Crippen LogP contribution in [0.4, 0.5) is 4.39 Å². The molecule has 0 aliphatic rings. The van der Waals surface area contributed by atoms with Crippen molar-refractivity contribution in [2.45, 2.75) is 13.3 Å². The minimum Gasteiger partial charge on any atom is -0.501 e. The standard InChI is InChI=1S/C19H14FN3O3/c1-11-2-7-15-22-17(18(24)19(25)23(15)10-11)14-9-21-16(26-14)8-12-3-5-13(20)6-4-12/h2-7,9-10,24H,8H2,1H3. The van der Waals surface area contributed by atoms with Gasteiger partial charge in [0, 0.05) is 12.6 Å². The van der Waals surface area contributed by atoms with Crippen LogP contribution in [0.2, 0.25) is 0 Å². The van der Waals surface area contributed by atoms with Crippen LogP contribution < -0.4 is 5.56 Å². The lowest BCUT2D eigenvalue weighted by atomic mass is 10.1. The minimum atomic E-state index is -0.579. The molecule has 0 unspecified atom stereocenters. The fourth-order valence-electron chi connectivity index (χ4n) is 2.69. The van der Waals surface area contributed by atoms with Gasteiger partial charge in [-0.15, -0.1) is 0 Å². The largest absolute Gasteiger partial charge is 0.501 e. The number of benzene rings is 1. The molecule has 0 aliphatic heterocycles. The summed E-state index contributed by atoms with van der Waals surface area (Å²) in [5, 5.41) is 10.2. The molecule has 0 atom stereocenters. The number of oxazole rings is 1. The van der Waals surface area contributed by atoms with Crippen molar-refractivity contribution in [1.29, 1.82) is 0 Å². The molecule has 0 bridgehead atoms. The van der Waals surface area contributed by atoms with E-state index >= 15 is 0 Å². The third-order valence-corrected chi connectivity index (χ3v) is 4.00. The molecule has 0 aliphatic carbocycles. The highest BCUT2D eigenvalue weighted by molar-refractivity contribution is 5.62. The van der Waals surface area contributed by atoms with Gasteiger partial charge < -0.3 is 9.52 Å². The first-order valence-electron chi connectivity index (χ1n) is 7.93. The third kappa shape index (κ3) is 2.83. The summed E-state index contributed by atoms with van der Waals surface area (Å²) in [6.07, 6.45) is 3.37. The van der Waals surface area contributed by atoms with E-state index in [0.717, 1.165) is 11.1 Å². The molecule has 6 nitrogen and oxygen atoms in total. The number of pyridine rings is 1. The van der Waals surface area contributed by atoms with Gasteiger partial charge in [-0.1, -0.05) is 18.2 Å². The summed E-state index contributed by atoms with van der Waals surface area (Å²) in [4.78, 5) is 20.8. The molecule has 1 N–H and O–H groups in total. The summed E-state index contributed by atoms with van der Waals surface area (Å²) in [5.74, 6) is -0.253. The fraction of sp³-hybridized carbons (Fsp3) is 0.105. The van der Waals surface area contributed by atoms with Crippen LogP contribution in [0.25, 0.3) is 17.1 Å². The average molecular weight is 351 g/mol. The van der Waals surface area contributed by atoms with Gasteiger partial charge in [-0.2, -0.15) is 0 Å². The summed E-state index contributed by atoms with van der Waals surface area (Å²) in [7, 11) is 0. The van der Waals surface area contributed by atoms with Crippen molar-refractivity contribution in [2.24, 2.45) is 0 Å². The monoisotopic (exact) mass is 351 g/mol. The number of aryl methyl sites for hydroxylation is 1. The molecule has 3 heterocycles. The number of hydrogen-bond acceptors (Lipinski definition) is 5. The summed E-state index contributed by atoms with van der Waals surface area (Å²) < 4.78 is 19.9. The Morgan fingerprint density at radius 1 is 1.19 bits per heavy atom. The van der Waals surface area contributed by atoms with E-state index in [1.165, 1.54) is 22.7 Å². The van der Waals surface area contributed by atoms with Crippen molar-refractivity contribution in [2.75, 3.05) is 0 Å². The molecule has 0 fully saturated rings. The van der Waals surface area contributed by atoms with Crippen LogP contribution in [-0.4, -0.2) is 19.5 Å². The Morgan fingerprint density at radius 3 is 2.73 bits per heavy atom. The SMILES string of the molecule is Cc1ccc2nc(-c3cnc(Cc4ccc(F)cc4)o3)c(O)c(=O)n2c1. The molecular weight excluding hydrogens is 337 g/mol. The van der Waals surface area contributed by atoms with Crippen molar-refractivity contribution in [3.8, 4) is 17.2 Å². The summed E-state index contributed by atoms with van der Waals surface area (Å²) in [5.41, 5.74) is 1.55. The van der Waals surface area contributed by atoms with E-state index in [2.05, 4.69) is 9.97 Å². The minimum absolute atomic E-state index is 0.0386. The first-order valence-corrected chi connectivity index (χ1v) is 7.93. The van der Waals surface area contributed by atoms with Gasteiger partial charge in [-0.25, -0.2) is 14.4 Å². The van der Waals surface area contributed by atoms with Crippen LogP contribution >= 0.6 is 0 Å². The lowest BCUT2D eigenvalue weighted by Gasteiger charge is -2.05. The summed E-state index contributed by atoms with van der Waals surface area (Å²) in [6, 6.07) is 9.51. The quantitative estimate of drug-likeness (QED) is 0.613. The second kappa shape index (κ2) is 6.11. The highest BCUT2D eigenvalue weighted by Crippen LogP contribution is 2.26. The van der Waals surface area contributed by atoms with Crippen molar-refractivity contribution in [3.05, 3.63) is 82.0 Å². The molecule has 4 aromatic rings. The molecule has 3 aromatic heterocycles. The maximum Gasteiger partial charge on any atom is 0.300 e. The molecular formula is C19H14FN3O3. The first kappa shape index (κ1) is 16.0. The number of aromatic nitrogens is 3. The molecule has 0 saturated heterocycles. The number of halogens is 1. The molecule has 26 heavy (non-hydrogen) atoms. The van der Waals surface area contributed by atoms with Crippen LogP contribution in [0.5, 0.6) is 5.75 Å². The predicted molar refractivity (Wildman–Crippen MR) is 92.6 cm³/mol. The second-order valence-electron chi connectivity index (χ2n) is 5.97. The van der Waals surface area contributed by atoms with E-state index in [1.807, 2.05) is 13.0 Å². The van der Waals surface area contributed by atoms with E-state index < -0.39 is 11.3 Å². The fourth-order valence-corrected chi connectivity index (χ4v) is 2.69. The van der Waals surface area contributed by atoms with E-state index in [4.69, 9.17) is 4.42 Å². The Labute approximate surface area is 147 Å². The Balaban J connectivity index is 1.73. The number of aromatic hydroxyl groups is 1. The number of rotatable bonds is 3. The van der Waals surface area contributed by atoms with E-state index in [0.29, 0.717) is 18.0 Å². The molecule has 130 valence electrons. The van der Waals surface area contributed by atoms with Crippen LogP contribution in [0.15, 0.2) is 58.0 Å². The Bertz CT molecular complexity index is 1160. The number of nitrogens with zero attached hydrogens (tertiary/aromatic N) is 3. The maximum atomic E-state index is 13.0. The molecule has 0 amide bonds. The molecule has 0 radical (unpaired) electrons. The van der Waals surface area contributed by atoms with Crippen LogP contribution in [0.1, 0.15) is 17.0 Å².